The minimum absolute atomic E-state index is 0.0772. The van der Waals surface area contributed by atoms with Crippen LogP contribution in [0.3, 0.4) is 0 Å². The SMILES string of the molecule is O=C1C[C@@H]2CN(C(=O)c3ccccc3)CC[C@@H]2N1. The summed E-state index contributed by atoms with van der Waals surface area (Å²) in [5.41, 5.74) is 0.730. The van der Waals surface area contributed by atoms with Crippen LogP contribution in [0.2, 0.25) is 0 Å². The van der Waals surface area contributed by atoms with Crippen LogP contribution in [0.1, 0.15) is 23.2 Å². The Labute approximate surface area is 106 Å². The first-order valence-electron chi connectivity index (χ1n) is 6.38. The number of rotatable bonds is 1. The first kappa shape index (κ1) is 11.3. The van der Waals surface area contributed by atoms with Gasteiger partial charge in [-0.05, 0) is 18.6 Å². The molecule has 1 aromatic carbocycles. The second kappa shape index (κ2) is 4.44. The zero-order valence-corrected chi connectivity index (χ0v) is 10.1. The molecule has 18 heavy (non-hydrogen) atoms. The third-order valence-corrected chi connectivity index (χ3v) is 3.84. The Hall–Kier alpha value is -1.84. The summed E-state index contributed by atoms with van der Waals surface area (Å²) in [5, 5.41) is 2.98. The summed E-state index contributed by atoms with van der Waals surface area (Å²) < 4.78 is 0. The quantitative estimate of drug-likeness (QED) is 0.802. The molecule has 1 aromatic rings. The third kappa shape index (κ3) is 1.98. The summed E-state index contributed by atoms with van der Waals surface area (Å²) in [6.45, 7) is 1.42. The molecule has 0 bridgehead atoms. The van der Waals surface area contributed by atoms with E-state index in [9.17, 15) is 9.59 Å². The average Bonchev–Trinajstić information content (AvgIpc) is 2.78. The molecule has 0 radical (unpaired) electrons. The summed E-state index contributed by atoms with van der Waals surface area (Å²) in [7, 11) is 0. The number of carbonyl (C=O) groups excluding carboxylic acids is 2. The predicted octanol–water partition coefficient (Wildman–Crippen LogP) is 1.04. The van der Waals surface area contributed by atoms with Crippen molar-refractivity contribution in [3.05, 3.63) is 35.9 Å². The standard InChI is InChI=1S/C14H16N2O2/c17-13-8-11-9-16(7-6-12(11)15-13)14(18)10-4-2-1-3-5-10/h1-5,11-12H,6-9H2,(H,15,17)/t11-,12+/m1/s1. The number of likely N-dealkylation sites (tertiary alicyclic amines) is 1. The van der Waals surface area contributed by atoms with E-state index in [1.807, 2.05) is 35.2 Å². The number of fused-ring (bicyclic) bond motifs is 1. The largest absolute Gasteiger partial charge is 0.353 e. The fourth-order valence-electron chi connectivity index (χ4n) is 2.88. The Kier molecular flexibility index (Phi) is 2.78. The maximum Gasteiger partial charge on any atom is 0.253 e. The number of hydrogen-bond acceptors (Lipinski definition) is 2. The van der Waals surface area contributed by atoms with Gasteiger partial charge in [-0.1, -0.05) is 18.2 Å². The van der Waals surface area contributed by atoms with E-state index in [2.05, 4.69) is 5.32 Å². The van der Waals surface area contributed by atoms with Crippen LogP contribution in [0.25, 0.3) is 0 Å². The Morgan fingerprint density at radius 2 is 2.06 bits per heavy atom. The molecule has 2 amide bonds. The smallest absolute Gasteiger partial charge is 0.253 e. The van der Waals surface area contributed by atoms with E-state index in [0.717, 1.165) is 18.5 Å². The van der Waals surface area contributed by atoms with Crippen LogP contribution in [0, 0.1) is 5.92 Å². The van der Waals surface area contributed by atoms with Gasteiger partial charge in [0.25, 0.3) is 5.91 Å². The van der Waals surface area contributed by atoms with Crippen LogP contribution >= 0.6 is 0 Å². The normalized spacial score (nSPS) is 26.7. The Morgan fingerprint density at radius 1 is 1.28 bits per heavy atom. The van der Waals surface area contributed by atoms with Crippen molar-refractivity contribution in [2.24, 2.45) is 5.92 Å². The molecule has 2 saturated heterocycles. The monoisotopic (exact) mass is 244 g/mol. The molecule has 0 saturated carbocycles. The van der Waals surface area contributed by atoms with Crippen molar-refractivity contribution in [1.29, 1.82) is 0 Å². The Bertz CT molecular complexity index is 472. The topological polar surface area (TPSA) is 49.4 Å². The lowest BCUT2D eigenvalue weighted by molar-refractivity contribution is -0.119. The van der Waals surface area contributed by atoms with Crippen LogP contribution in [-0.4, -0.2) is 35.8 Å². The van der Waals surface area contributed by atoms with Gasteiger partial charge >= 0.3 is 0 Å². The number of amides is 2. The molecule has 0 aromatic heterocycles. The fraction of sp³-hybridized carbons (Fsp3) is 0.429. The first-order chi connectivity index (χ1) is 8.74. The summed E-state index contributed by atoms with van der Waals surface area (Å²) in [6.07, 6.45) is 1.43. The molecule has 2 fully saturated rings. The molecule has 4 heteroatoms. The fourth-order valence-corrected chi connectivity index (χ4v) is 2.88. The third-order valence-electron chi connectivity index (χ3n) is 3.84. The highest BCUT2D eigenvalue weighted by Crippen LogP contribution is 2.26. The molecule has 0 unspecified atom stereocenters. The van der Waals surface area contributed by atoms with E-state index in [-0.39, 0.29) is 17.9 Å². The zero-order valence-electron chi connectivity index (χ0n) is 10.1. The second-order valence-corrected chi connectivity index (χ2v) is 5.04. The molecule has 4 nitrogen and oxygen atoms in total. The number of piperidine rings is 1. The first-order valence-corrected chi connectivity index (χ1v) is 6.38. The number of nitrogens with zero attached hydrogens (tertiary/aromatic N) is 1. The maximum atomic E-state index is 12.3. The van der Waals surface area contributed by atoms with E-state index in [0.29, 0.717) is 18.9 Å². The molecule has 2 aliphatic rings. The predicted molar refractivity (Wildman–Crippen MR) is 67.0 cm³/mol. The van der Waals surface area contributed by atoms with Crippen molar-refractivity contribution in [2.45, 2.75) is 18.9 Å². The van der Waals surface area contributed by atoms with Gasteiger partial charge in [-0.3, -0.25) is 9.59 Å². The Morgan fingerprint density at radius 3 is 2.83 bits per heavy atom. The molecule has 1 N–H and O–H groups in total. The summed E-state index contributed by atoms with van der Waals surface area (Å²) in [4.78, 5) is 25.5. The van der Waals surface area contributed by atoms with E-state index in [1.165, 1.54) is 0 Å². The minimum atomic E-state index is 0.0772. The second-order valence-electron chi connectivity index (χ2n) is 5.04. The van der Waals surface area contributed by atoms with Crippen molar-refractivity contribution in [2.75, 3.05) is 13.1 Å². The van der Waals surface area contributed by atoms with Gasteiger partial charge in [0, 0.05) is 37.0 Å². The summed E-state index contributed by atoms with van der Waals surface area (Å²) in [5.74, 6) is 0.492. The highest BCUT2D eigenvalue weighted by atomic mass is 16.2. The number of benzene rings is 1. The molecule has 2 heterocycles. The summed E-state index contributed by atoms with van der Waals surface area (Å²) in [6, 6.07) is 9.61. The van der Waals surface area contributed by atoms with Crippen LogP contribution in [-0.2, 0) is 4.79 Å². The Balaban J connectivity index is 1.71. The molecule has 94 valence electrons. The zero-order chi connectivity index (χ0) is 12.5. The van der Waals surface area contributed by atoms with E-state index < -0.39 is 0 Å². The van der Waals surface area contributed by atoms with Gasteiger partial charge < -0.3 is 10.2 Å². The van der Waals surface area contributed by atoms with Gasteiger partial charge in [0.1, 0.15) is 0 Å². The van der Waals surface area contributed by atoms with E-state index in [1.54, 1.807) is 0 Å². The maximum absolute atomic E-state index is 12.3. The van der Waals surface area contributed by atoms with Crippen molar-refractivity contribution >= 4 is 11.8 Å². The highest BCUT2D eigenvalue weighted by Gasteiger charge is 2.38. The van der Waals surface area contributed by atoms with Crippen molar-refractivity contribution < 1.29 is 9.59 Å². The minimum Gasteiger partial charge on any atom is -0.353 e. The van der Waals surface area contributed by atoms with E-state index >= 15 is 0 Å². The molecular weight excluding hydrogens is 228 g/mol. The molecule has 2 aliphatic heterocycles. The van der Waals surface area contributed by atoms with Crippen molar-refractivity contribution in [3.8, 4) is 0 Å². The van der Waals surface area contributed by atoms with Crippen LogP contribution in [0.5, 0.6) is 0 Å². The molecule has 0 aliphatic carbocycles. The van der Waals surface area contributed by atoms with Gasteiger partial charge in [-0.2, -0.15) is 0 Å². The van der Waals surface area contributed by atoms with Gasteiger partial charge in [0.2, 0.25) is 5.91 Å². The van der Waals surface area contributed by atoms with Gasteiger partial charge in [0.15, 0.2) is 0 Å². The highest BCUT2D eigenvalue weighted by molar-refractivity contribution is 5.94. The van der Waals surface area contributed by atoms with Crippen LogP contribution < -0.4 is 5.32 Å². The van der Waals surface area contributed by atoms with Gasteiger partial charge in [0.05, 0.1) is 0 Å². The van der Waals surface area contributed by atoms with Gasteiger partial charge in [-0.15, -0.1) is 0 Å². The van der Waals surface area contributed by atoms with Gasteiger partial charge in [-0.25, -0.2) is 0 Å². The number of nitrogens with one attached hydrogen (secondary N) is 1. The molecule has 2 atom stereocenters. The van der Waals surface area contributed by atoms with Crippen molar-refractivity contribution in [3.63, 3.8) is 0 Å². The van der Waals surface area contributed by atoms with E-state index in [4.69, 9.17) is 0 Å². The summed E-state index contributed by atoms with van der Waals surface area (Å²) >= 11 is 0. The lowest BCUT2D eigenvalue weighted by atomic mass is 9.93. The average molecular weight is 244 g/mol. The van der Waals surface area contributed by atoms with Crippen molar-refractivity contribution in [1.82, 2.24) is 10.2 Å². The van der Waals surface area contributed by atoms with Crippen LogP contribution in [0.15, 0.2) is 30.3 Å². The lowest BCUT2D eigenvalue weighted by Gasteiger charge is -2.34. The number of carbonyl (C=O) groups is 2. The van der Waals surface area contributed by atoms with Crippen LogP contribution in [0.4, 0.5) is 0 Å². The number of hydrogen-bond donors (Lipinski definition) is 1. The molecule has 0 spiro atoms. The lowest BCUT2D eigenvalue weighted by Crippen LogP contribution is -2.47. The molecule has 3 rings (SSSR count). The molecular formula is C14H16N2O2.